The van der Waals surface area contributed by atoms with Gasteiger partial charge in [-0.15, -0.1) is 0 Å². The summed E-state index contributed by atoms with van der Waals surface area (Å²) in [7, 11) is 0. The third-order valence-corrected chi connectivity index (χ3v) is 5.23. The summed E-state index contributed by atoms with van der Waals surface area (Å²) in [5, 5.41) is 8.09. The summed E-state index contributed by atoms with van der Waals surface area (Å²) < 4.78 is 0. The Bertz CT molecular complexity index is 621. The predicted octanol–water partition coefficient (Wildman–Crippen LogP) is 3.90. The minimum Gasteiger partial charge on any atom is -0.354 e. The third kappa shape index (κ3) is 4.56. The average Bonchev–Trinajstić information content (AvgIpc) is 3.24. The molecule has 0 saturated carbocycles. The first kappa shape index (κ1) is 16.5. The fourth-order valence-corrected chi connectivity index (χ4v) is 3.87. The van der Waals surface area contributed by atoms with Gasteiger partial charge in [0.15, 0.2) is 0 Å². The highest BCUT2D eigenvalue weighted by atomic mass is 35.5. The summed E-state index contributed by atoms with van der Waals surface area (Å²) >= 11 is 7.59. The Labute approximate surface area is 146 Å². The monoisotopic (exact) mass is 348 g/mol. The van der Waals surface area contributed by atoms with E-state index in [1.54, 1.807) is 11.3 Å². The van der Waals surface area contributed by atoms with Gasteiger partial charge in [0.2, 0.25) is 5.91 Å². The molecule has 3 nitrogen and oxygen atoms in total. The van der Waals surface area contributed by atoms with Crippen LogP contribution < -0.4 is 5.32 Å². The number of carbonyl (C=O) groups excluding carboxylic acids is 1. The van der Waals surface area contributed by atoms with E-state index in [1.165, 1.54) is 18.4 Å². The fraction of sp³-hybridized carbons (Fsp3) is 0.389. The normalized spacial score (nSPS) is 16.4. The largest absolute Gasteiger partial charge is 0.354 e. The minimum absolute atomic E-state index is 0.0618. The molecular weight excluding hydrogens is 328 g/mol. The van der Waals surface area contributed by atoms with Crippen LogP contribution in [-0.4, -0.2) is 30.4 Å². The molecule has 1 aromatic carbocycles. The molecule has 2 aromatic rings. The number of nitrogens with zero attached hydrogens (tertiary/aromatic N) is 1. The van der Waals surface area contributed by atoms with Gasteiger partial charge in [-0.3, -0.25) is 9.69 Å². The predicted molar refractivity (Wildman–Crippen MR) is 96.0 cm³/mol. The summed E-state index contributed by atoms with van der Waals surface area (Å²) in [6.07, 6.45) is 2.90. The van der Waals surface area contributed by atoms with E-state index in [0.29, 0.717) is 18.0 Å². The van der Waals surface area contributed by atoms with Crippen LogP contribution in [0.2, 0.25) is 5.02 Å². The Hall–Kier alpha value is -1.36. The number of amides is 1. The Morgan fingerprint density at radius 3 is 2.61 bits per heavy atom. The van der Waals surface area contributed by atoms with Crippen molar-refractivity contribution in [2.24, 2.45) is 0 Å². The molecule has 122 valence electrons. The van der Waals surface area contributed by atoms with Crippen molar-refractivity contribution in [1.82, 2.24) is 10.2 Å². The van der Waals surface area contributed by atoms with E-state index in [-0.39, 0.29) is 11.9 Å². The Morgan fingerprint density at radius 2 is 1.96 bits per heavy atom. The van der Waals surface area contributed by atoms with Gasteiger partial charge in [-0.25, -0.2) is 0 Å². The number of halogens is 1. The third-order valence-electron chi connectivity index (χ3n) is 4.28. The summed E-state index contributed by atoms with van der Waals surface area (Å²) in [6, 6.07) is 9.90. The SMILES string of the molecule is O=C(Cc1ccc(Cl)cc1)NCC(c1ccsc1)N1CCCC1. The van der Waals surface area contributed by atoms with Crippen molar-refractivity contribution in [2.75, 3.05) is 19.6 Å². The molecule has 23 heavy (non-hydrogen) atoms. The molecule has 2 heterocycles. The molecule has 1 saturated heterocycles. The molecule has 0 radical (unpaired) electrons. The van der Waals surface area contributed by atoms with E-state index in [0.717, 1.165) is 18.7 Å². The molecule has 1 N–H and O–H groups in total. The van der Waals surface area contributed by atoms with Crippen LogP contribution in [0.15, 0.2) is 41.1 Å². The van der Waals surface area contributed by atoms with Crippen LogP contribution >= 0.6 is 22.9 Å². The molecule has 1 unspecified atom stereocenters. The van der Waals surface area contributed by atoms with Crippen molar-refractivity contribution in [3.63, 3.8) is 0 Å². The minimum atomic E-state index is 0.0618. The quantitative estimate of drug-likeness (QED) is 0.858. The molecule has 1 aliphatic rings. The van der Waals surface area contributed by atoms with Crippen LogP contribution in [0.4, 0.5) is 0 Å². The van der Waals surface area contributed by atoms with E-state index in [4.69, 9.17) is 11.6 Å². The van der Waals surface area contributed by atoms with Crippen LogP contribution in [-0.2, 0) is 11.2 Å². The van der Waals surface area contributed by atoms with Gasteiger partial charge in [0.1, 0.15) is 0 Å². The zero-order chi connectivity index (χ0) is 16.1. The maximum Gasteiger partial charge on any atom is 0.224 e. The van der Waals surface area contributed by atoms with Crippen LogP contribution in [0.25, 0.3) is 0 Å². The topological polar surface area (TPSA) is 32.3 Å². The molecule has 0 aliphatic carbocycles. The molecule has 3 rings (SSSR count). The highest BCUT2D eigenvalue weighted by Crippen LogP contribution is 2.26. The summed E-state index contributed by atoms with van der Waals surface area (Å²) in [4.78, 5) is 14.7. The average molecular weight is 349 g/mol. The van der Waals surface area contributed by atoms with Crippen molar-refractivity contribution in [2.45, 2.75) is 25.3 Å². The van der Waals surface area contributed by atoms with Gasteiger partial charge in [0.05, 0.1) is 12.5 Å². The standard InChI is InChI=1S/C18H21ClN2OS/c19-16-5-3-14(4-6-16)11-18(22)20-12-17(15-7-10-23-13-15)21-8-1-2-9-21/h3-7,10,13,17H,1-2,8-9,11-12H2,(H,20,22). The summed E-state index contributed by atoms with van der Waals surface area (Å²) in [5.74, 6) is 0.0618. The number of hydrogen-bond acceptors (Lipinski definition) is 3. The molecule has 1 aliphatic heterocycles. The first-order valence-corrected chi connectivity index (χ1v) is 9.32. The molecule has 1 amide bonds. The van der Waals surface area contributed by atoms with Gasteiger partial charge in [-0.1, -0.05) is 23.7 Å². The van der Waals surface area contributed by atoms with Gasteiger partial charge in [-0.2, -0.15) is 11.3 Å². The number of rotatable bonds is 6. The number of likely N-dealkylation sites (tertiary alicyclic amines) is 1. The highest BCUT2D eigenvalue weighted by Gasteiger charge is 2.24. The lowest BCUT2D eigenvalue weighted by molar-refractivity contribution is -0.120. The number of carbonyl (C=O) groups is 1. The lowest BCUT2D eigenvalue weighted by Crippen LogP contribution is -2.37. The molecule has 1 fully saturated rings. The first-order chi connectivity index (χ1) is 11.2. The van der Waals surface area contributed by atoms with E-state index >= 15 is 0 Å². The van der Waals surface area contributed by atoms with Crippen LogP contribution in [0, 0.1) is 0 Å². The van der Waals surface area contributed by atoms with Gasteiger partial charge in [0, 0.05) is 11.6 Å². The van der Waals surface area contributed by atoms with Crippen molar-refractivity contribution in [3.8, 4) is 0 Å². The molecule has 0 spiro atoms. The molecule has 1 aromatic heterocycles. The van der Waals surface area contributed by atoms with Crippen LogP contribution in [0.1, 0.15) is 30.0 Å². The Balaban J connectivity index is 1.57. The number of hydrogen-bond donors (Lipinski definition) is 1. The van der Waals surface area contributed by atoms with E-state index in [1.807, 2.05) is 24.3 Å². The second-order valence-corrected chi connectivity index (χ2v) is 7.14. The maximum absolute atomic E-state index is 12.2. The number of benzene rings is 1. The second-order valence-electron chi connectivity index (χ2n) is 5.92. The molecule has 1 atom stereocenters. The Kier molecular flexibility index (Phi) is 5.70. The van der Waals surface area contributed by atoms with Crippen molar-refractivity contribution in [3.05, 3.63) is 57.2 Å². The highest BCUT2D eigenvalue weighted by molar-refractivity contribution is 7.07. The lowest BCUT2D eigenvalue weighted by Gasteiger charge is -2.27. The molecular formula is C18H21ClN2OS. The summed E-state index contributed by atoms with van der Waals surface area (Å²) in [6.45, 7) is 2.91. The van der Waals surface area contributed by atoms with Crippen molar-refractivity contribution >= 4 is 28.8 Å². The molecule has 5 heteroatoms. The van der Waals surface area contributed by atoms with Gasteiger partial charge in [0.25, 0.3) is 0 Å². The Morgan fingerprint density at radius 1 is 1.22 bits per heavy atom. The van der Waals surface area contributed by atoms with Gasteiger partial charge >= 0.3 is 0 Å². The summed E-state index contributed by atoms with van der Waals surface area (Å²) in [5.41, 5.74) is 2.30. The number of nitrogens with one attached hydrogen (secondary N) is 1. The zero-order valence-electron chi connectivity index (χ0n) is 13.0. The van der Waals surface area contributed by atoms with Crippen LogP contribution in [0.5, 0.6) is 0 Å². The van der Waals surface area contributed by atoms with Crippen molar-refractivity contribution < 1.29 is 4.79 Å². The zero-order valence-corrected chi connectivity index (χ0v) is 14.6. The smallest absolute Gasteiger partial charge is 0.224 e. The van der Waals surface area contributed by atoms with Crippen LogP contribution in [0.3, 0.4) is 0 Å². The van der Waals surface area contributed by atoms with Gasteiger partial charge in [-0.05, 0) is 66.0 Å². The lowest BCUT2D eigenvalue weighted by atomic mass is 10.1. The van der Waals surface area contributed by atoms with E-state index < -0.39 is 0 Å². The van der Waals surface area contributed by atoms with E-state index in [9.17, 15) is 4.79 Å². The molecule has 0 bridgehead atoms. The van der Waals surface area contributed by atoms with Crippen molar-refractivity contribution in [1.29, 1.82) is 0 Å². The first-order valence-electron chi connectivity index (χ1n) is 7.99. The second kappa shape index (κ2) is 7.95. The maximum atomic E-state index is 12.2. The van der Waals surface area contributed by atoms with Gasteiger partial charge < -0.3 is 5.32 Å². The number of thiophene rings is 1. The fourth-order valence-electron chi connectivity index (χ4n) is 3.04. The van der Waals surface area contributed by atoms with E-state index in [2.05, 4.69) is 27.0 Å².